The summed E-state index contributed by atoms with van der Waals surface area (Å²) >= 11 is 0. The third-order valence-corrected chi connectivity index (χ3v) is 6.62. The van der Waals surface area contributed by atoms with Crippen molar-refractivity contribution in [2.75, 3.05) is 17.9 Å². The lowest BCUT2D eigenvalue weighted by Crippen LogP contribution is -2.28. The first-order valence-electron chi connectivity index (χ1n) is 10.5. The summed E-state index contributed by atoms with van der Waals surface area (Å²) in [5.41, 5.74) is 3.38. The quantitative estimate of drug-likeness (QED) is 0.469. The van der Waals surface area contributed by atoms with Crippen molar-refractivity contribution in [1.82, 2.24) is 5.32 Å². The molecule has 0 bridgehead atoms. The van der Waals surface area contributed by atoms with Gasteiger partial charge in [0, 0.05) is 5.56 Å². The second-order valence-electron chi connectivity index (χ2n) is 7.50. The second kappa shape index (κ2) is 10.3. The average Bonchev–Trinajstić information content (AvgIpc) is 2.78. The van der Waals surface area contributed by atoms with Crippen LogP contribution in [-0.4, -0.2) is 27.5 Å². The van der Waals surface area contributed by atoms with E-state index in [0.29, 0.717) is 24.4 Å². The predicted molar refractivity (Wildman–Crippen MR) is 127 cm³/mol. The van der Waals surface area contributed by atoms with Gasteiger partial charge in [-0.05, 0) is 67.3 Å². The number of hydrogen-bond acceptors (Lipinski definition) is 4. The van der Waals surface area contributed by atoms with Crippen LogP contribution in [0.1, 0.15) is 34.0 Å². The van der Waals surface area contributed by atoms with Crippen LogP contribution < -0.4 is 14.8 Å². The maximum absolute atomic E-state index is 12.9. The van der Waals surface area contributed by atoms with Crippen LogP contribution in [-0.2, 0) is 16.4 Å². The fraction of sp³-hybridized carbons (Fsp3) is 0.240. The Hall–Kier alpha value is -3.32. The molecule has 0 atom stereocenters. The first-order valence-corrected chi connectivity index (χ1v) is 12.0. The van der Waals surface area contributed by atoms with Crippen LogP contribution in [0.5, 0.6) is 5.75 Å². The highest BCUT2D eigenvalue weighted by atomic mass is 32.2. The predicted octanol–water partition coefficient (Wildman–Crippen LogP) is 4.48. The number of rotatable bonds is 9. The minimum atomic E-state index is -3.84. The van der Waals surface area contributed by atoms with E-state index in [1.54, 1.807) is 31.2 Å². The van der Waals surface area contributed by atoms with Crippen LogP contribution in [0.4, 0.5) is 5.69 Å². The molecule has 32 heavy (non-hydrogen) atoms. The zero-order valence-corrected chi connectivity index (χ0v) is 19.3. The number of benzene rings is 3. The van der Waals surface area contributed by atoms with Crippen molar-refractivity contribution in [1.29, 1.82) is 0 Å². The van der Waals surface area contributed by atoms with Crippen LogP contribution in [0.25, 0.3) is 0 Å². The number of carbonyl (C=O) groups excluding carboxylic acids is 1. The Morgan fingerprint density at radius 2 is 1.66 bits per heavy atom. The molecule has 168 valence electrons. The summed E-state index contributed by atoms with van der Waals surface area (Å²) in [5.74, 6) is 0.379. The van der Waals surface area contributed by atoms with Crippen molar-refractivity contribution >= 4 is 21.6 Å². The van der Waals surface area contributed by atoms with E-state index in [-0.39, 0.29) is 16.4 Å². The van der Waals surface area contributed by atoms with Crippen molar-refractivity contribution in [2.24, 2.45) is 0 Å². The largest absolute Gasteiger partial charge is 0.492 e. The Morgan fingerprint density at radius 3 is 2.34 bits per heavy atom. The summed E-state index contributed by atoms with van der Waals surface area (Å²) < 4.78 is 34.2. The van der Waals surface area contributed by atoms with Gasteiger partial charge in [-0.3, -0.25) is 9.52 Å². The van der Waals surface area contributed by atoms with Crippen molar-refractivity contribution in [3.8, 4) is 5.75 Å². The summed E-state index contributed by atoms with van der Waals surface area (Å²) in [6.07, 6.45) is 0.963. The molecule has 0 spiro atoms. The zero-order valence-electron chi connectivity index (χ0n) is 18.5. The van der Waals surface area contributed by atoms with Crippen LogP contribution in [0.3, 0.4) is 0 Å². The van der Waals surface area contributed by atoms with Gasteiger partial charge in [0.25, 0.3) is 15.9 Å². The molecule has 0 heterocycles. The summed E-state index contributed by atoms with van der Waals surface area (Å²) in [4.78, 5) is 12.6. The van der Waals surface area contributed by atoms with Gasteiger partial charge in [-0.2, -0.15) is 0 Å². The van der Waals surface area contributed by atoms with Crippen LogP contribution in [0, 0.1) is 13.8 Å². The SMILES string of the molecule is CCc1ccc(OCCNC(=O)c2ccc(C)c(S(=O)(=O)Nc3ccccc3C)c2)cc1. The van der Waals surface area contributed by atoms with Gasteiger partial charge in [0.1, 0.15) is 12.4 Å². The molecule has 7 heteroatoms. The Balaban J connectivity index is 1.63. The number of para-hydroxylation sites is 1. The third kappa shape index (κ3) is 5.88. The molecule has 0 radical (unpaired) electrons. The molecular weight excluding hydrogens is 424 g/mol. The number of sulfonamides is 1. The first kappa shape index (κ1) is 23.3. The molecular formula is C25H28N2O4S. The number of nitrogens with one attached hydrogen (secondary N) is 2. The maximum Gasteiger partial charge on any atom is 0.262 e. The van der Waals surface area contributed by atoms with Gasteiger partial charge in [0.2, 0.25) is 0 Å². The van der Waals surface area contributed by atoms with Crippen LogP contribution in [0.2, 0.25) is 0 Å². The highest BCUT2D eigenvalue weighted by molar-refractivity contribution is 7.92. The van der Waals surface area contributed by atoms with E-state index in [1.165, 1.54) is 11.6 Å². The molecule has 3 aromatic rings. The molecule has 0 fully saturated rings. The molecule has 6 nitrogen and oxygen atoms in total. The topological polar surface area (TPSA) is 84.5 Å². The molecule has 0 unspecified atom stereocenters. The van der Waals surface area contributed by atoms with E-state index in [1.807, 2.05) is 43.3 Å². The zero-order chi connectivity index (χ0) is 23.1. The molecule has 0 saturated carbocycles. The molecule has 1 amide bonds. The number of hydrogen-bond donors (Lipinski definition) is 2. The molecule has 0 aliphatic rings. The summed E-state index contributed by atoms with van der Waals surface area (Å²) in [6, 6.07) is 19.6. The van der Waals surface area contributed by atoms with Gasteiger partial charge in [-0.1, -0.05) is 43.3 Å². The van der Waals surface area contributed by atoms with Crippen molar-refractivity contribution in [3.05, 3.63) is 89.0 Å². The van der Waals surface area contributed by atoms with Crippen molar-refractivity contribution in [3.63, 3.8) is 0 Å². The van der Waals surface area contributed by atoms with E-state index in [4.69, 9.17) is 4.74 Å². The van der Waals surface area contributed by atoms with Crippen LogP contribution >= 0.6 is 0 Å². The minimum absolute atomic E-state index is 0.0701. The Bertz CT molecular complexity index is 1190. The van der Waals surface area contributed by atoms with Gasteiger partial charge in [-0.25, -0.2) is 8.42 Å². The van der Waals surface area contributed by atoms with E-state index in [0.717, 1.165) is 17.7 Å². The number of aryl methyl sites for hydroxylation is 3. The average molecular weight is 453 g/mol. The molecule has 3 rings (SSSR count). The molecule has 3 aromatic carbocycles. The standard InChI is InChI=1S/C25H28N2O4S/c1-4-20-10-13-22(14-11-20)31-16-15-26-25(28)21-12-9-19(3)24(17-21)32(29,30)27-23-8-6-5-7-18(23)2/h5-14,17,27H,4,15-16H2,1-3H3,(H,26,28). The van der Waals surface area contributed by atoms with E-state index >= 15 is 0 Å². The fourth-order valence-corrected chi connectivity index (χ4v) is 4.58. The summed E-state index contributed by atoms with van der Waals surface area (Å²) in [5, 5.41) is 2.77. The third-order valence-electron chi connectivity index (χ3n) is 5.12. The Morgan fingerprint density at radius 1 is 0.938 bits per heavy atom. The second-order valence-corrected chi connectivity index (χ2v) is 9.15. The fourth-order valence-electron chi connectivity index (χ4n) is 3.17. The van der Waals surface area contributed by atoms with Gasteiger partial charge >= 0.3 is 0 Å². The van der Waals surface area contributed by atoms with Gasteiger partial charge in [0.05, 0.1) is 17.1 Å². The monoisotopic (exact) mass is 452 g/mol. The smallest absolute Gasteiger partial charge is 0.262 e. The summed E-state index contributed by atoms with van der Waals surface area (Å²) in [7, 11) is -3.84. The molecule has 2 N–H and O–H groups in total. The Labute approximate surface area is 189 Å². The lowest BCUT2D eigenvalue weighted by molar-refractivity contribution is 0.0946. The normalized spacial score (nSPS) is 11.1. The Kier molecular flexibility index (Phi) is 7.53. The first-order chi connectivity index (χ1) is 15.3. The van der Waals surface area contributed by atoms with Crippen molar-refractivity contribution < 1.29 is 17.9 Å². The lowest BCUT2D eigenvalue weighted by Gasteiger charge is -2.14. The number of carbonyl (C=O) groups is 1. The summed E-state index contributed by atoms with van der Waals surface area (Å²) in [6.45, 7) is 6.22. The highest BCUT2D eigenvalue weighted by Gasteiger charge is 2.20. The maximum atomic E-state index is 12.9. The molecule has 0 aliphatic carbocycles. The van der Waals surface area contributed by atoms with Crippen LogP contribution in [0.15, 0.2) is 71.6 Å². The molecule has 0 saturated heterocycles. The highest BCUT2D eigenvalue weighted by Crippen LogP contribution is 2.23. The van der Waals surface area contributed by atoms with Gasteiger partial charge < -0.3 is 10.1 Å². The van der Waals surface area contributed by atoms with E-state index in [9.17, 15) is 13.2 Å². The van der Waals surface area contributed by atoms with E-state index < -0.39 is 10.0 Å². The van der Waals surface area contributed by atoms with Crippen molar-refractivity contribution in [2.45, 2.75) is 32.1 Å². The van der Waals surface area contributed by atoms with E-state index in [2.05, 4.69) is 17.0 Å². The lowest BCUT2D eigenvalue weighted by atomic mass is 10.1. The number of ether oxygens (including phenoxy) is 1. The molecule has 0 aliphatic heterocycles. The van der Waals surface area contributed by atoms with Gasteiger partial charge in [0.15, 0.2) is 0 Å². The molecule has 0 aromatic heterocycles. The van der Waals surface area contributed by atoms with Gasteiger partial charge in [-0.15, -0.1) is 0 Å². The minimum Gasteiger partial charge on any atom is -0.492 e. The number of anilines is 1. The number of amides is 1.